The summed E-state index contributed by atoms with van der Waals surface area (Å²) in [5, 5.41) is 2.99. The van der Waals surface area contributed by atoms with Gasteiger partial charge in [-0.1, -0.05) is 19.8 Å². The molecule has 1 fully saturated rings. The second-order valence-corrected chi connectivity index (χ2v) is 8.92. The lowest BCUT2D eigenvalue weighted by Gasteiger charge is -2.29. The van der Waals surface area contributed by atoms with Gasteiger partial charge >= 0.3 is 0 Å². The summed E-state index contributed by atoms with van der Waals surface area (Å²) in [7, 11) is -3.54. The summed E-state index contributed by atoms with van der Waals surface area (Å²) in [6, 6.07) is 4.75. The van der Waals surface area contributed by atoms with E-state index in [1.807, 2.05) is 0 Å². The monoisotopic (exact) mass is 367 g/mol. The van der Waals surface area contributed by atoms with Crippen molar-refractivity contribution in [2.24, 2.45) is 5.92 Å². The number of amides is 1. The zero-order chi connectivity index (χ0) is 17.9. The molecular formula is C18H25NO5S. The maximum atomic E-state index is 12.5. The predicted molar refractivity (Wildman–Crippen MR) is 93.7 cm³/mol. The molecule has 0 spiro atoms. The molecular weight excluding hydrogens is 342 g/mol. The van der Waals surface area contributed by atoms with E-state index in [4.69, 9.17) is 9.47 Å². The maximum Gasteiger partial charge on any atom is 0.221 e. The molecule has 2 atom stereocenters. The third kappa shape index (κ3) is 4.45. The van der Waals surface area contributed by atoms with Crippen LogP contribution in [0.1, 0.15) is 39.0 Å². The maximum absolute atomic E-state index is 12.5. The van der Waals surface area contributed by atoms with Crippen molar-refractivity contribution in [3.8, 4) is 11.5 Å². The Kier molecular flexibility index (Phi) is 5.51. The van der Waals surface area contributed by atoms with E-state index in [0.717, 1.165) is 19.3 Å². The molecule has 138 valence electrons. The number of carbonyl (C=O) groups is 1. The van der Waals surface area contributed by atoms with Crippen LogP contribution in [0.4, 0.5) is 0 Å². The number of ether oxygens (including phenoxy) is 2. The van der Waals surface area contributed by atoms with Crippen LogP contribution >= 0.6 is 0 Å². The minimum Gasteiger partial charge on any atom is -0.486 e. The van der Waals surface area contributed by atoms with Gasteiger partial charge in [-0.3, -0.25) is 4.79 Å². The summed E-state index contributed by atoms with van der Waals surface area (Å²) in [5.74, 6) is 1.04. The SMILES string of the molecule is C[C@H]1CCCC[C@@H]1NC(=O)CCS(=O)(=O)c1ccc2c(c1)OCCO2. The number of nitrogens with one attached hydrogen (secondary N) is 1. The van der Waals surface area contributed by atoms with Crippen molar-refractivity contribution in [3.63, 3.8) is 0 Å². The largest absolute Gasteiger partial charge is 0.486 e. The first-order valence-corrected chi connectivity index (χ1v) is 10.5. The molecule has 0 bridgehead atoms. The normalized spacial score (nSPS) is 23.1. The molecule has 0 saturated heterocycles. The van der Waals surface area contributed by atoms with Crippen molar-refractivity contribution in [3.05, 3.63) is 18.2 Å². The van der Waals surface area contributed by atoms with Crippen molar-refractivity contribution in [1.29, 1.82) is 0 Å². The molecule has 0 aromatic heterocycles. The van der Waals surface area contributed by atoms with Crippen molar-refractivity contribution >= 4 is 15.7 Å². The van der Waals surface area contributed by atoms with Crippen LogP contribution in [-0.2, 0) is 14.6 Å². The summed E-state index contributed by atoms with van der Waals surface area (Å²) in [6.45, 7) is 2.99. The average molecular weight is 367 g/mol. The number of hydrogen-bond acceptors (Lipinski definition) is 5. The zero-order valence-corrected chi connectivity index (χ0v) is 15.3. The fourth-order valence-electron chi connectivity index (χ4n) is 3.37. The fourth-order valence-corrected chi connectivity index (χ4v) is 4.62. The van der Waals surface area contributed by atoms with E-state index in [1.54, 1.807) is 6.07 Å². The summed E-state index contributed by atoms with van der Waals surface area (Å²) >= 11 is 0. The molecule has 6 nitrogen and oxygen atoms in total. The molecule has 1 aromatic carbocycles. The van der Waals surface area contributed by atoms with E-state index in [9.17, 15) is 13.2 Å². The van der Waals surface area contributed by atoms with Crippen LogP contribution in [-0.4, -0.2) is 39.3 Å². The van der Waals surface area contributed by atoms with Crippen LogP contribution in [0.5, 0.6) is 11.5 Å². The third-order valence-electron chi connectivity index (χ3n) is 4.93. The van der Waals surface area contributed by atoms with Gasteiger partial charge in [0.15, 0.2) is 21.3 Å². The Bertz CT molecular complexity index is 731. The Morgan fingerprint density at radius 2 is 1.88 bits per heavy atom. The van der Waals surface area contributed by atoms with Crippen LogP contribution in [0.2, 0.25) is 0 Å². The Morgan fingerprint density at radius 3 is 2.64 bits per heavy atom. The van der Waals surface area contributed by atoms with Crippen LogP contribution in [0, 0.1) is 5.92 Å². The Hall–Kier alpha value is -1.76. The minimum absolute atomic E-state index is 0.0278. The van der Waals surface area contributed by atoms with Crippen LogP contribution in [0.15, 0.2) is 23.1 Å². The molecule has 0 unspecified atom stereocenters. The first-order valence-electron chi connectivity index (χ1n) is 8.87. The fraction of sp³-hybridized carbons (Fsp3) is 0.611. The summed E-state index contributed by atoms with van der Waals surface area (Å²) in [4.78, 5) is 12.3. The Balaban J connectivity index is 1.59. The molecule has 0 radical (unpaired) electrons. The highest BCUT2D eigenvalue weighted by Crippen LogP contribution is 2.32. The van der Waals surface area contributed by atoms with E-state index >= 15 is 0 Å². The van der Waals surface area contributed by atoms with Crippen molar-refractivity contribution in [1.82, 2.24) is 5.32 Å². The van der Waals surface area contributed by atoms with Crippen molar-refractivity contribution in [2.75, 3.05) is 19.0 Å². The van der Waals surface area contributed by atoms with Gasteiger partial charge in [0.05, 0.1) is 10.6 Å². The topological polar surface area (TPSA) is 81.7 Å². The lowest BCUT2D eigenvalue weighted by atomic mass is 9.86. The summed E-state index contributed by atoms with van der Waals surface area (Å²) < 4.78 is 35.8. The summed E-state index contributed by atoms with van der Waals surface area (Å²) in [6.07, 6.45) is 4.37. The predicted octanol–water partition coefficient (Wildman–Crippen LogP) is 2.32. The first kappa shape index (κ1) is 18.0. The van der Waals surface area contributed by atoms with E-state index < -0.39 is 9.84 Å². The van der Waals surface area contributed by atoms with Crippen LogP contribution < -0.4 is 14.8 Å². The van der Waals surface area contributed by atoms with Crippen LogP contribution in [0.3, 0.4) is 0 Å². The number of hydrogen-bond donors (Lipinski definition) is 1. The van der Waals surface area contributed by atoms with E-state index in [-0.39, 0.29) is 29.0 Å². The molecule has 1 aliphatic heterocycles. The van der Waals surface area contributed by atoms with E-state index in [2.05, 4.69) is 12.2 Å². The molecule has 3 rings (SSSR count). The molecule has 25 heavy (non-hydrogen) atoms. The first-order chi connectivity index (χ1) is 12.0. The van der Waals surface area contributed by atoms with Gasteiger partial charge in [0.2, 0.25) is 5.91 Å². The minimum atomic E-state index is -3.54. The molecule has 1 saturated carbocycles. The summed E-state index contributed by atoms with van der Waals surface area (Å²) in [5.41, 5.74) is 0. The van der Waals surface area contributed by atoms with Crippen molar-refractivity contribution in [2.45, 2.75) is 50.0 Å². The third-order valence-corrected chi connectivity index (χ3v) is 6.64. The van der Waals surface area contributed by atoms with Crippen LogP contribution in [0.25, 0.3) is 0 Å². The number of carbonyl (C=O) groups excluding carboxylic acids is 1. The van der Waals surface area contributed by atoms with Gasteiger partial charge in [0.1, 0.15) is 13.2 Å². The quantitative estimate of drug-likeness (QED) is 0.864. The van der Waals surface area contributed by atoms with Gasteiger partial charge in [-0.05, 0) is 30.9 Å². The number of fused-ring (bicyclic) bond motifs is 1. The Labute approximate surface area is 148 Å². The lowest BCUT2D eigenvalue weighted by molar-refractivity contribution is -0.122. The smallest absolute Gasteiger partial charge is 0.221 e. The second kappa shape index (κ2) is 7.64. The van der Waals surface area contributed by atoms with Gasteiger partial charge in [-0.25, -0.2) is 8.42 Å². The number of rotatable bonds is 5. The highest BCUT2D eigenvalue weighted by molar-refractivity contribution is 7.91. The molecule has 2 aliphatic rings. The molecule has 1 amide bonds. The van der Waals surface area contributed by atoms with E-state index in [1.165, 1.54) is 18.6 Å². The molecule has 1 aliphatic carbocycles. The zero-order valence-electron chi connectivity index (χ0n) is 14.5. The van der Waals surface area contributed by atoms with Gasteiger partial charge in [-0.2, -0.15) is 0 Å². The average Bonchev–Trinajstić information content (AvgIpc) is 2.62. The number of sulfone groups is 1. The molecule has 1 aromatic rings. The Morgan fingerprint density at radius 1 is 1.16 bits per heavy atom. The molecule has 1 N–H and O–H groups in total. The van der Waals surface area contributed by atoms with Gasteiger partial charge in [-0.15, -0.1) is 0 Å². The van der Waals surface area contributed by atoms with Crippen molar-refractivity contribution < 1.29 is 22.7 Å². The van der Waals surface area contributed by atoms with Gasteiger partial charge in [0.25, 0.3) is 0 Å². The highest BCUT2D eigenvalue weighted by Gasteiger charge is 2.24. The molecule has 1 heterocycles. The highest BCUT2D eigenvalue weighted by atomic mass is 32.2. The van der Waals surface area contributed by atoms with Gasteiger partial charge < -0.3 is 14.8 Å². The van der Waals surface area contributed by atoms with Gasteiger partial charge in [0, 0.05) is 18.5 Å². The van der Waals surface area contributed by atoms with E-state index in [0.29, 0.717) is 30.6 Å². The lowest BCUT2D eigenvalue weighted by Crippen LogP contribution is -2.41. The second-order valence-electron chi connectivity index (χ2n) is 6.81. The standard InChI is InChI=1S/C18H25NO5S/c1-13-4-2-3-5-15(13)19-18(20)8-11-25(21,22)14-6-7-16-17(12-14)24-10-9-23-16/h6-7,12-13,15H,2-5,8-11H2,1H3,(H,19,20)/t13-,15-/m0/s1. The number of benzene rings is 1. The molecule has 7 heteroatoms.